The van der Waals surface area contributed by atoms with E-state index in [1.54, 1.807) is 19.2 Å². The van der Waals surface area contributed by atoms with Gasteiger partial charge in [0.1, 0.15) is 5.82 Å². The van der Waals surface area contributed by atoms with E-state index in [2.05, 4.69) is 27.8 Å². The number of ketones is 2. The van der Waals surface area contributed by atoms with Gasteiger partial charge in [0.05, 0.1) is 0 Å². The molecule has 0 unspecified atom stereocenters. The van der Waals surface area contributed by atoms with Crippen molar-refractivity contribution in [3.63, 3.8) is 0 Å². The first-order valence-electron chi connectivity index (χ1n) is 13.7. The Bertz CT molecular complexity index is 1440. The molecule has 0 atom stereocenters. The summed E-state index contributed by atoms with van der Waals surface area (Å²) in [7, 11) is 1.70. The smallest absolute Gasteiger partial charge is 0.161 e. The van der Waals surface area contributed by atoms with Crippen molar-refractivity contribution >= 4 is 22.5 Å². The molecule has 2 heterocycles. The van der Waals surface area contributed by atoms with Crippen molar-refractivity contribution in [2.45, 2.75) is 57.4 Å². The summed E-state index contributed by atoms with van der Waals surface area (Å²) in [5.74, 6) is -0.317. The summed E-state index contributed by atoms with van der Waals surface area (Å²) < 4.78 is 21.4. The van der Waals surface area contributed by atoms with Crippen LogP contribution in [0.15, 0.2) is 77.3 Å². The molecule has 3 aliphatic rings. The normalized spacial score (nSPS) is 18.4. The second-order valence-corrected chi connectivity index (χ2v) is 10.6. The number of hydrogen-bond acceptors (Lipinski definition) is 4. The molecule has 0 radical (unpaired) electrons. The number of rotatable bonds is 7. The van der Waals surface area contributed by atoms with Crippen LogP contribution in [0.2, 0.25) is 0 Å². The van der Waals surface area contributed by atoms with Gasteiger partial charge in [-0.1, -0.05) is 30.3 Å². The minimum Gasteiger partial charge on any atom is -0.385 e. The predicted molar refractivity (Wildman–Crippen MR) is 145 cm³/mol. The Labute approximate surface area is 222 Å². The molecular weight excluding hydrogens is 479 g/mol. The molecule has 0 saturated heterocycles. The lowest BCUT2D eigenvalue weighted by atomic mass is 9.71. The second-order valence-electron chi connectivity index (χ2n) is 10.6. The third kappa shape index (κ3) is 4.31. The van der Waals surface area contributed by atoms with Crippen molar-refractivity contribution in [1.29, 1.82) is 0 Å². The van der Waals surface area contributed by atoms with E-state index in [-0.39, 0.29) is 23.3 Å². The molecule has 2 aromatic carbocycles. The van der Waals surface area contributed by atoms with Gasteiger partial charge in [-0.3, -0.25) is 9.59 Å². The van der Waals surface area contributed by atoms with Crippen molar-refractivity contribution in [2.75, 3.05) is 20.3 Å². The van der Waals surface area contributed by atoms with Crippen LogP contribution in [0.1, 0.15) is 62.0 Å². The number of nitrogens with zero attached hydrogens (tertiary/aromatic N) is 2. The van der Waals surface area contributed by atoms with Gasteiger partial charge in [-0.05, 0) is 61.4 Å². The highest BCUT2D eigenvalue weighted by Gasteiger charge is 2.44. The third-order valence-electron chi connectivity index (χ3n) is 8.19. The zero-order chi connectivity index (χ0) is 26.2. The van der Waals surface area contributed by atoms with Crippen molar-refractivity contribution in [3.05, 3.63) is 94.2 Å². The van der Waals surface area contributed by atoms with E-state index in [1.807, 2.05) is 18.2 Å². The van der Waals surface area contributed by atoms with Crippen LogP contribution in [0.4, 0.5) is 4.39 Å². The summed E-state index contributed by atoms with van der Waals surface area (Å²) in [4.78, 5) is 29.6. The molecule has 6 rings (SSSR count). The molecule has 2 aliphatic carbocycles. The molecule has 196 valence electrons. The topological polar surface area (TPSA) is 51.5 Å². The van der Waals surface area contributed by atoms with Crippen LogP contribution in [0.5, 0.6) is 0 Å². The van der Waals surface area contributed by atoms with Gasteiger partial charge in [-0.2, -0.15) is 0 Å². The number of Topliss-reactive ketones (excluding diaryl/α,β-unsaturated/α-hetero) is 2. The number of allylic oxidation sites excluding steroid dienone is 4. The van der Waals surface area contributed by atoms with E-state index in [9.17, 15) is 14.0 Å². The van der Waals surface area contributed by atoms with Crippen LogP contribution in [0.3, 0.4) is 0 Å². The fourth-order valence-corrected chi connectivity index (χ4v) is 6.63. The molecule has 38 heavy (non-hydrogen) atoms. The fourth-order valence-electron chi connectivity index (χ4n) is 6.63. The largest absolute Gasteiger partial charge is 0.385 e. The molecule has 0 bridgehead atoms. The first-order valence-corrected chi connectivity index (χ1v) is 13.7. The van der Waals surface area contributed by atoms with Crippen LogP contribution in [-0.2, 0) is 20.9 Å². The van der Waals surface area contributed by atoms with Gasteiger partial charge >= 0.3 is 0 Å². The highest BCUT2D eigenvalue weighted by Crippen LogP contribution is 2.50. The highest BCUT2D eigenvalue weighted by atomic mass is 19.1. The average molecular weight is 513 g/mol. The fraction of sp³-hybridized carbons (Fsp3) is 0.375. The molecule has 0 N–H and O–H groups in total. The van der Waals surface area contributed by atoms with Gasteiger partial charge in [-0.15, -0.1) is 0 Å². The summed E-state index contributed by atoms with van der Waals surface area (Å²) in [5, 5.41) is 1.04. The van der Waals surface area contributed by atoms with Crippen LogP contribution >= 0.6 is 0 Å². The molecule has 6 heteroatoms. The Morgan fingerprint density at radius 1 is 0.921 bits per heavy atom. The standard InChI is InChI=1S/C32H33FN2O3/c1-38-17-7-16-35-26-12-5-14-28(36)31(26)30(32-27(35)13-6-15-29(32)37)24-20-34(25-11-3-2-10-23(24)25)19-21-8-4-9-22(33)18-21/h2-4,8-11,18,20,30H,5-7,12-17,19H2,1H3. The number of hydrogen-bond donors (Lipinski definition) is 0. The van der Waals surface area contributed by atoms with Crippen LogP contribution in [-0.4, -0.2) is 41.3 Å². The van der Waals surface area contributed by atoms with Crippen LogP contribution in [0.25, 0.3) is 10.9 Å². The van der Waals surface area contributed by atoms with Crippen LogP contribution < -0.4 is 0 Å². The number of halogens is 1. The van der Waals surface area contributed by atoms with E-state index in [0.717, 1.165) is 83.2 Å². The first-order chi connectivity index (χ1) is 18.6. The summed E-state index contributed by atoms with van der Waals surface area (Å²) in [5.41, 5.74) is 6.68. The lowest BCUT2D eigenvalue weighted by Gasteiger charge is -2.44. The first kappa shape index (κ1) is 24.8. The summed E-state index contributed by atoms with van der Waals surface area (Å²) >= 11 is 0. The minimum atomic E-state index is -0.363. The monoisotopic (exact) mass is 512 g/mol. The maximum Gasteiger partial charge on any atom is 0.161 e. The van der Waals surface area contributed by atoms with Gasteiger partial charge in [-0.25, -0.2) is 4.39 Å². The zero-order valence-corrected chi connectivity index (χ0v) is 21.8. The third-order valence-corrected chi connectivity index (χ3v) is 8.19. The second kappa shape index (κ2) is 10.3. The Morgan fingerprint density at radius 2 is 1.63 bits per heavy atom. The number of para-hydroxylation sites is 1. The van der Waals surface area contributed by atoms with E-state index in [0.29, 0.717) is 26.0 Å². The van der Waals surface area contributed by atoms with Crippen molar-refractivity contribution < 1.29 is 18.7 Å². The molecule has 0 saturated carbocycles. The Kier molecular flexibility index (Phi) is 6.75. The van der Waals surface area contributed by atoms with Crippen LogP contribution in [0, 0.1) is 5.82 Å². The van der Waals surface area contributed by atoms with Gasteiger partial charge in [0.25, 0.3) is 0 Å². The Hall–Kier alpha value is -3.51. The number of aromatic nitrogens is 1. The van der Waals surface area contributed by atoms with Gasteiger partial charge in [0.15, 0.2) is 11.6 Å². The summed E-state index contributed by atoms with van der Waals surface area (Å²) in [6.45, 7) is 1.90. The number of ether oxygens (including phenoxy) is 1. The molecule has 1 aliphatic heterocycles. The Morgan fingerprint density at radius 3 is 2.32 bits per heavy atom. The Balaban J connectivity index is 1.53. The maximum absolute atomic E-state index is 14.0. The zero-order valence-electron chi connectivity index (χ0n) is 21.8. The van der Waals surface area contributed by atoms with E-state index in [4.69, 9.17) is 4.74 Å². The molecule has 0 spiro atoms. The average Bonchev–Trinajstić information content (AvgIpc) is 3.27. The molecule has 0 fully saturated rings. The quantitative estimate of drug-likeness (QED) is 0.350. The number of carbonyl (C=O) groups is 2. The summed E-state index contributed by atoms with van der Waals surface area (Å²) in [6.07, 6.45) is 7.32. The van der Waals surface area contributed by atoms with Crippen molar-refractivity contribution in [2.24, 2.45) is 0 Å². The molecule has 3 aromatic rings. The van der Waals surface area contributed by atoms with E-state index in [1.165, 1.54) is 6.07 Å². The molecule has 5 nitrogen and oxygen atoms in total. The summed E-state index contributed by atoms with van der Waals surface area (Å²) in [6, 6.07) is 14.8. The van der Waals surface area contributed by atoms with Gasteiger partial charge in [0.2, 0.25) is 0 Å². The maximum atomic E-state index is 14.0. The van der Waals surface area contributed by atoms with Crippen molar-refractivity contribution in [1.82, 2.24) is 9.47 Å². The number of benzene rings is 2. The minimum absolute atomic E-state index is 0.153. The van der Waals surface area contributed by atoms with E-state index >= 15 is 0 Å². The number of fused-ring (bicyclic) bond motifs is 1. The lowest BCUT2D eigenvalue weighted by molar-refractivity contribution is -0.117. The molecule has 1 aromatic heterocycles. The van der Waals surface area contributed by atoms with E-state index < -0.39 is 0 Å². The lowest BCUT2D eigenvalue weighted by Crippen LogP contribution is -2.39. The number of carbonyl (C=O) groups excluding carboxylic acids is 2. The SMILES string of the molecule is COCCCN1C2=C(C(=O)CCC2)C(c2cn(Cc3cccc(F)c3)c3ccccc23)C2=C1CCCC2=O. The van der Waals surface area contributed by atoms with Gasteiger partial charge in [0, 0.05) is 85.2 Å². The van der Waals surface area contributed by atoms with Gasteiger partial charge < -0.3 is 14.2 Å². The molecular formula is C32H33FN2O3. The van der Waals surface area contributed by atoms with Crippen molar-refractivity contribution in [3.8, 4) is 0 Å². The molecule has 0 amide bonds. The number of methoxy groups -OCH3 is 1. The predicted octanol–water partition coefficient (Wildman–Crippen LogP) is 6.28. The highest BCUT2D eigenvalue weighted by molar-refractivity contribution is 6.07.